The predicted octanol–water partition coefficient (Wildman–Crippen LogP) is 3.26. The van der Waals surface area contributed by atoms with Gasteiger partial charge in [0, 0.05) is 0 Å². The molecule has 1 saturated heterocycles. The molecule has 4 nitrogen and oxygen atoms in total. The number of hydrazine groups is 1. The van der Waals surface area contributed by atoms with Crippen molar-refractivity contribution in [2.24, 2.45) is 11.3 Å². The third kappa shape index (κ3) is 2.40. The van der Waals surface area contributed by atoms with Crippen LogP contribution in [0.15, 0.2) is 30.3 Å². The Labute approximate surface area is 120 Å². The van der Waals surface area contributed by atoms with Crippen LogP contribution in [0.2, 0.25) is 0 Å². The van der Waals surface area contributed by atoms with Gasteiger partial charge in [-0.1, -0.05) is 39.0 Å². The van der Waals surface area contributed by atoms with Gasteiger partial charge in [0.25, 0.3) is 0 Å². The van der Waals surface area contributed by atoms with E-state index in [1.165, 1.54) is 6.42 Å². The Kier molecular flexibility index (Phi) is 3.01. The molecule has 4 heteroatoms. The fourth-order valence-electron chi connectivity index (χ4n) is 4.06. The third-order valence-corrected chi connectivity index (χ3v) is 4.27. The van der Waals surface area contributed by atoms with E-state index >= 15 is 0 Å². The van der Waals surface area contributed by atoms with Gasteiger partial charge in [0.1, 0.15) is 5.66 Å². The van der Waals surface area contributed by atoms with Crippen LogP contribution in [-0.2, 0) is 0 Å². The van der Waals surface area contributed by atoms with Gasteiger partial charge >= 0.3 is 6.03 Å². The normalized spacial score (nSPS) is 32.5. The summed E-state index contributed by atoms with van der Waals surface area (Å²) in [6, 6.07) is 9.69. The van der Waals surface area contributed by atoms with Gasteiger partial charge in [0.05, 0.1) is 5.69 Å². The molecule has 1 aromatic rings. The van der Waals surface area contributed by atoms with Crippen molar-refractivity contribution in [1.29, 1.82) is 0 Å². The van der Waals surface area contributed by atoms with Crippen molar-refractivity contribution < 1.29 is 4.79 Å². The van der Waals surface area contributed by atoms with E-state index in [1.807, 2.05) is 30.3 Å². The quantitative estimate of drug-likeness (QED) is 0.825. The molecule has 3 rings (SSSR count). The van der Waals surface area contributed by atoms with E-state index in [0.717, 1.165) is 18.5 Å². The minimum Gasteiger partial charge on any atom is -0.317 e. The van der Waals surface area contributed by atoms with Gasteiger partial charge in [-0.05, 0) is 42.7 Å². The first-order chi connectivity index (χ1) is 9.39. The molecule has 1 saturated carbocycles. The molecule has 2 fully saturated rings. The molecule has 0 aromatic heterocycles. The third-order valence-electron chi connectivity index (χ3n) is 4.27. The molecule has 1 aliphatic carbocycles. The van der Waals surface area contributed by atoms with Crippen molar-refractivity contribution >= 4 is 11.7 Å². The maximum atomic E-state index is 12.3. The minimum atomic E-state index is -0.298. The first-order valence-electron chi connectivity index (χ1n) is 7.34. The average molecular weight is 273 g/mol. The molecule has 0 bridgehead atoms. The Hall–Kier alpha value is -1.55. The van der Waals surface area contributed by atoms with Crippen LogP contribution < -0.4 is 15.8 Å². The van der Waals surface area contributed by atoms with Crippen molar-refractivity contribution in [3.05, 3.63) is 30.3 Å². The van der Waals surface area contributed by atoms with Crippen molar-refractivity contribution in [2.75, 3.05) is 5.01 Å². The van der Waals surface area contributed by atoms with Gasteiger partial charge in [-0.3, -0.25) is 0 Å². The number of nitrogens with zero attached hydrogens (tertiary/aromatic N) is 1. The molecule has 2 atom stereocenters. The number of hydrogen-bond acceptors (Lipinski definition) is 2. The van der Waals surface area contributed by atoms with E-state index in [2.05, 4.69) is 31.5 Å². The molecular weight excluding hydrogens is 250 g/mol. The molecule has 2 N–H and O–H groups in total. The number of carbonyl (C=O) groups excluding carboxylic acids is 1. The molecule has 2 amide bonds. The zero-order chi connectivity index (χ0) is 14.4. The summed E-state index contributed by atoms with van der Waals surface area (Å²) in [5.74, 6) is 0.599. The van der Waals surface area contributed by atoms with Gasteiger partial charge in [-0.25, -0.2) is 15.2 Å². The Morgan fingerprint density at radius 3 is 2.55 bits per heavy atom. The lowest BCUT2D eigenvalue weighted by Crippen LogP contribution is -2.57. The van der Waals surface area contributed by atoms with Crippen LogP contribution in [0.3, 0.4) is 0 Å². The molecule has 20 heavy (non-hydrogen) atoms. The largest absolute Gasteiger partial charge is 0.338 e. The van der Waals surface area contributed by atoms with Crippen LogP contribution in [0.25, 0.3) is 0 Å². The van der Waals surface area contributed by atoms with Gasteiger partial charge in [-0.15, -0.1) is 0 Å². The number of urea groups is 1. The summed E-state index contributed by atoms with van der Waals surface area (Å²) < 4.78 is 0. The van der Waals surface area contributed by atoms with E-state index in [4.69, 9.17) is 0 Å². The van der Waals surface area contributed by atoms with E-state index in [9.17, 15) is 4.79 Å². The van der Waals surface area contributed by atoms with E-state index in [1.54, 1.807) is 5.01 Å². The molecule has 1 heterocycles. The lowest BCUT2D eigenvalue weighted by molar-refractivity contribution is 0.0812. The molecule has 1 aromatic carbocycles. The first kappa shape index (κ1) is 13.4. The van der Waals surface area contributed by atoms with Crippen LogP contribution in [0.1, 0.15) is 40.0 Å². The molecular formula is C16H23N3O. The number of hydrogen-bond donors (Lipinski definition) is 2. The van der Waals surface area contributed by atoms with Gasteiger partial charge in [0.15, 0.2) is 0 Å². The Morgan fingerprint density at radius 2 is 1.90 bits per heavy atom. The fourth-order valence-corrected chi connectivity index (χ4v) is 4.06. The van der Waals surface area contributed by atoms with Crippen LogP contribution >= 0.6 is 0 Å². The summed E-state index contributed by atoms with van der Waals surface area (Å²) in [6.45, 7) is 6.83. The van der Waals surface area contributed by atoms with Crippen molar-refractivity contribution in [3.8, 4) is 0 Å². The summed E-state index contributed by atoms with van der Waals surface area (Å²) in [7, 11) is 0. The number of anilines is 1. The monoisotopic (exact) mass is 273 g/mol. The number of para-hydroxylation sites is 1. The average Bonchev–Trinajstić information content (AvgIpc) is 2.63. The van der Waals surface area contributed by atoms with Crippen LogP contribution in [0.4, 0.5) is 10.5 Å². The van der Waals surface area contributed by atoms with Crippen molar-refractivity contribution in [3.63, 3.8) is 0 Å². The van der Waals surface area contributed by atoms with Crippen LogP contribution in [-0.4, -0.2) is 11.7 Å². The highest BCUT2D eigenvalue weighted by Crippen LogP contribution is 2.44. The maximum absolute atomic E-state index is 12.3. The smallest absolute Gasteiger partial charge is 0.317 e. The lowest BCUT2D eigenvalue weighted by Gasteiger charge is -2.45. The van der Waals surface area contributed by atoms with Crippen LogP contribution in [0.5, 0.6) is 0 Å². The van der Waals surface area contributed by atoms with E-state index in [0.29, 0.717) is 5.92 Å². The molecule has 1 spiro atoms. The highest BCUT2D eigenvalue weighted by Gasteiger charge is 2.49. The van der Waals surface area contributed by atoms with Crippen LogP contribution in [0, 0.1) is 11.3 Å². The number of amides is 2. The number of carbonyl (C=O) groups is 1. The predicted molar refractivity (Wildman–Crippen MR) is 80.1 cm³/mol. The lowest BCUT2D eigenvalue weighted by atomic mass is 9.68. The molecule has 108 valence electrons. The summed E-state index contributed by atoms with van der Waals surface area (Å²) in [5.41, 5.74) is 4.26. The Bertz CT molecular complexity index is 514. The Balaban J connectivity index is 1.86. The molecule has 0 radical (unpaired) electrons. The summed E-state index contributed by atoms with van der Waals surface area (Å²) in [4.78, 5) is 12.3. The number of nitrogens with one attached hydrogen (secondary N) is 2. The minimum absolute atomic E-state index is 0.0545. The van der Waals surface area contributed by atoms with E-state index < -0.39 is 0 Å². The van der Waals surface area contributed by atoms with Gasteiger partial charge in [0.2, 0.25) is 0 Å². The highest BCUT2D eigenvalue weighted by atomic mass is 16.2. The summed E-state index contributed by atoms with van der Waals surface area (Å²) >= 11 is 0. The van der Waals surface area contributed by atoms with Crippen molar-refractivity contribution in [1.82, 2.24) is 10.7 Å². The van der Waals surface area contributed by atoms with Gasteiger partial charge in [-0.2, -0.15) is 0 Å². The van der Waals surface area contributed by atoms with Crippen molar-refractivity contribution in [2.45, 2.75) is 45.7 Å². The highest BCUT2D eigenvalue weighted by molar-refractivity contribution is 5.93. The summed E-state index contributed by atoms with van der Waals surface area (Å²) in [5, 5.41) is 4.83. The second-order valence-corrected chi connectivity index (χ2v) is 7.15. The molecule has 2 aliphatic rings. The standard InChI is InChI=1S/C16H23N3O/c1-12-9-15(2,3)11-16(10-12)17-14(20)19(18-16)13-7-5-4-6-8-13/h4-8,12,18H,9-11H2,1-3H3,(H,17,20)/t12-,16+/m0/s1. The fraction of sp³-hybridized carbons (Fsp3) is 0.562. The second-order valence-electron chi connectivity index (χ2n) is 7.15. The zero-order valence-corrected chi connectivity index (χ0v) is 12.4. The molecule has 1 aliphatic heterocycles. The van der Waals surface area contributed by atoms with E-state index in [-0.39, 0.29) is 17.1 Å². The second kappa shape index (κ2) is 4.48. The number of rotatable bonds is 1. The Morgan fingerprint density at radius 1 is 1.20 bits per heavy atom. The molecule has 0 unspecified atom stereocenters. The summed E-state index contributed by atoms with van der Waals surface area (Å²) in [6.07, 6.45) is 3.14. The maximum Gasteiger partial charge on any atom is 0.338 e. The topological polar surface area (TPSA) is 44.4 Å². The van der Waals surface area contributed by atoms with Gasteiger partial charge < -0.3 is 5.32 Å². The zero-order valence-electron chi connectivity index (χ0n) is 12.4. The number of benzene rings is 1. The SMILES string of the molecule is C[C@H]1CC(C)(C)C[C@]2(C1)NC(=O)N(c1ccccc1)N2. The first-order valence-corrected chi connectivity index (χ1v) is 7.34.